The van der Waals surface area contributed by atoms with Crippen LogP contribution in [0.2, 0.25) is 0 Å². The fourth-order valence-electron chi connectivity index (χ4n) is 2.19. The third-order valence-electron chi connectivity index (χ3n) is 3.46. The normalized spacial score (nSPS) is 10.5. The number of carboxylic acids is 1. The molecule has 0 amide bonds. The average molecular weight is 324 g/mol. The van der Waals surface area contributed by atoms with Gasteiger partial charge in [-0.3, -0.25) is 15.1 Å². The monoisotopic (exact) mass is 324 g/mol. The summed E-state index contributed by atoms with van der Waals surface area (Å²) in [7, 11) is 0. The van der Waals surface area contributed by atoms with Crippen molar-refractivity contribution >= 4 is 22.6 Å². The number of aromatic nitrogens is 1. The fourth-order valence-corrected chi connectivity index (χ4v) is 2.19. The highest BCUT2D eigenvalue weighted by Gasteiger charge is 2.07. The largest absolute Gasteiger partial charge is 0.489 e. The number of pyridine rings is 1. The van der Waals surface area contributed by atoms with Gasteiger partial charge in [0.25, 0.3) is 5.69 Å². The molecule has 3 rings (SSSR count). The minimum Gasteiger partial charge on any atom is -0.489 e. The molecule has 3 aromatic rings. The molecular formula is C17H12N2O5. The summed E-state index contributed by atoms with van der Waals surface area (Å²) in [4.78, 5) is 25.2. The van der Waals surface area contributed by atoms with Crippen LogP contribution in [0.1, 0.15) is 15.9 Å². The van der Waals surface area contributed by atoms with Crippen LogP contribution in [0, 0.1) is 10.1 Å². The highest BCUT2D eigenvalue weighted by Crippen LogP contribution is 2.21. The number of nitro benzene ring substituents is 1. The number of non-ortho nitro benzene ring substituents is 1. The van der Waals surface area contributed by atoms with Crippen LogP contribution in [0.25, 0.3) is 10.9 Å². The molecule has 0 aliphatic rings. The number of fused-ring (bicyclic) bond motifs is 1. The molecule has 0 unspecified atom stereocenters. The molecule has 1 N–H and O–H groups in total. The van der Waals surface area contributed by atoms with Gasteiger partial charge in [-0.15, -0.1) is 0 Å². The molecule has 1 heterocycles. The molecule has 0 spiro atoms. The summed E-state index contributed by atoms with van der Waals surface area (Å²) in [5, 5.41) is 20.3. The van der Waals surface area contributed by atoms with E-state index in [1.807, 2.05) is 0 Å². The number of hydrogen-bond donors (Lipinski definition) is 1. The number of carboxylic acid groups (broad SMARTS) is 1. The van der Waals surface area contributed by atoms with E-state index in [4.69, 9.17) is 9.84 Å². The van der Waals surface area contributed by atoms with E-state index in [0.717, 1.165) is 5.56 Å². The first-order chi connectivity index (χ1) is 11.5. The Morgan fingerprint density at radius 3 is 2.58 bits per heavy atom. The third kappa shape index (κ3) is 3.30. The van der Waals surface area contributed by atoms with Crippen molar-refractivity contribution in [3.8, 4) is 5.75 Å². The van der Waals surface area contributed by atoms with Crippen LogP contribution in [-0.4, -0.2) is 21.0 Å². The SMILES string of the molecule is O=C(O)c1cnc2cc(OCc3ccc([N+](=O)[O-])cc3)ccc2c1. The standard InChI is InChI=1S/C17H12N2O5/c20-17(21)13-7-12-3-6-15(8-16(12)18-9-13)24-10-11-1-4-14(5-2-11)19(22)23/h1-9H,10H2,(H,20,21). The molecule has 2 aromatic carbocycles. The lowest BCUT2D eigenvalue weighted by Gasteiger charge is -2.07. The number of aromatic carboxylic acids is 1. The van der Waals surface area contributed by atoms with Gasteiger partial charge < -0.3 is 9.84 Å². The topological polar surface area (TPSA) is 103 Å². The number of nitrogens with zero attached hydrogens (tertiary/aromatic N) is 2. The zero-order chi connectivity index (χ0) is 17.1. The summed E-state index contributed by atoms with van der Waals surface area (Å²) in [5.41, 5.74) is 1.58. The van der Waals surface area contributed by atoms with Crippen LogP contribution in [0.15, 0.2) is 54.7 Å². The maximum Gasteiger partial charge on any atom is 0.337 e. The second kappa shape index (κ2) is 6.33. The minimum absolute atomic E-state index is 0.0305. The van der Waals surface area contributed by atoms with Crippen molar-refractivity contribution in [2.24, 2.45) is 0 Å². The van der Waals surface area contributed by atoms with Crippen LogP contribution in [-0.2, 0) is 6.61 Å². The molecule has 0 saturated carbocycles. The van der Waals surface area contributed by atoms with E-state index in [0.29, 0.717) is 16.7 Å². The lowest BCUT2D eigenvalue weighted by Crippen LogP contribution is -1.98. The van der Waals surface area contributed by atoms with Gasteiger partial charge in [0.05, 0.1) is 16.0 Å². The van der Waals surface area contributed by atoms with Crippen LogP contribution in [0.3, 0.4) is 0 Å². The van der Waals surface area contributed by atoms with Crippen molar-refractivity contribution in [3.05, 3.63) is 76.0 Å². The molecule has 0 aliphatic heterocycles. The smallest absolute Gasteiger partial charge is 0.337 e. The first kappa shape index (κ1) is 15.4. The number of carbonyl (C=O) groups is 1. The molecule has 0 aliphatic carbocycles. The van der Waals surface area contributed by atoms with E-state index in [1.165, 1.54) is 18.3 Å². The van der Waals surface area contributed by atoms with E-state index < -0.39 is 10.9 Å². The molecule has 1 aromatic heterocycles. The Kier molecular flexibility index (Phi) is 4.07. The fraction of sp³-hybridized carbons (Fsp3) is 0.0588. The van der Waals surface area contributed by atoms with E-state index in [9.17, 15) is 14.9 Å². The number of benzene rings is 2. The Bertz CT molecular complexity index is 922. The summed E-state index contributed by atoms with van der Waals surface area (Å²) in [6, 6.07) is 12.8. The van der Waals surface area contributed by atoms with Gasteiger partial charge in [-0.05, 0) is 35.9 Å². The predicted octanol–water partition coefficient (Wildman–Crippen LogP) is 3.42. The van der Waals surface area contributed by atoms with Gasteiger partial charge in [0.15, 0.2) is 0 Å². The van der Waals surface area contributed by atoms with Crippen LogP contribution in [0.5, 0.6) is 5.75 Å². The van der Waals surface area contributed by atoms with Gasteiger partial charge in [-0.2, -0.15) is 0 Å². The maximum absolute atomic E-state index is 10.9. The molecule has 0 fully saturated rings. The van der Waals surface area contributed by atoms with Gasteiger partial charge in [-0.25, -0.2) is 4.79 Å². The van der Waals surface area contributed by atoms with Gasteiger partial charge in [-0.1, -0.05) is 0 Å². The molecule has 0 saturated heterocycles. The Labute approximate surface area is 136 Å². The summed E-state index contributed by atoms with van der Waals surface area (Å²) in [5.74, 6) is -0.445. The molecule has 24 heavy (non-hydrogen) atoms. The summed E-state index contributed by atoms with van der Waals surface area (Å²) in [6.45, 7) is 0.261. The first-order valence-electron chi connectivity index (χ1n) is 7.02. The van der Waals surface area contributed by atoms with Gasteiger partial charge in [0, 0.05) is 29.8 Å². The van der Waals surface area contributed by atoms with Crippen molar-refractivity contribution in [2.75, 3.05) is 0 Å². The van der Waals surface area contributed by atoms with E-state index in [1.54, 1.807) is 36.4 Å². The van der Waals surface area contributed by atoms with Crippen molar-refractivity contribution in [3.63, 3.8) is 0 Å². The summed E-state index contributed by atoms with van der Waals surface area (Å²) >= 11 is 0. The Morgan fingerprint density at radius 2 is 1.92 bits per heavy atom. The lowest BCUT2D eigenvalue weighted by atomic mass is 10.1. The molecule has 0 bridgehead atoms. The molecular weight excluding hydrogens is 312 g/mol. The van der Waals surface area contributed by atoms with Crippen LogP contribution < -0.4 is 4.74 Å². The molecule has 0 atom stereocenters. The highest BCUT2D eigenvalue weighted by atomic mass is 16.6. The van der Waals surface area contributed by atoms with Crippen molar-refractivity contribution < 1.29 is 19.6 Å². The Hall–Kier alpha value is -3.48. The van der Waals surface area contributed by atoms with Crippen molar-refractivity contribution in [1.82, 2.24) is 4.98 Å². The maximum atomic E-state index is 10.9. The van der Waals surface area contributed by atoms with Gasteiger partial charge in [0.1, 0.15) is 12.4 Å². The number of rotatable bonds is 5. The zero-order valence-electron chi connectivity index (χ0n) is 12.4. The number of hydrogen-bond acceptors (Lipinski definition) is 5. The molecule has 120 valence electrons. The number of ether oxygens (including phenoxy) is 1. The van der Waals surface area contributed by atoms with Gasteiger partial charge in [0.2, 0.25) is 0 Å². The average Bonchev–Trinajstić information content (AvgIpc) is 2.59. The predicted molar refractivity (Wildman–Crippen MR) is 86.1 cm³/mol. The van der Waals surface area contributed by atoms with Crippen molar-refractivity contribution in [2.45, 2.75) is 6.61 Å². The quantitative estimate of drug-likeness (QED) is 0.570. The minimum atomic E-state index is -1.03. The Balaban J connectivity index is 1.74. The molecule has 7 nitrogen and oxygen atoms in total. The van der Waals surface area contributed by atoms with E-state index >= 15 is 0 Å². The first-order valence-corrected chi connectivity index (χ1v) is 7.02. The summed E-state index contributed by atoms with van der Waals surface area (Å²) in [6.07, 6.45) is 1.30. The van der Waals surface area contributed by atoms with E-state index in [2.05, 4.69) is 4.98 Å². The van der Waals surface area contributed by atoms with Crippen LogP contribution in [0.4, 0.5) is 5.69 Å². The van der Waals surface area contributed by atoms with E-state index in [-0.39, 0.29) is 17.9 Å². The zero-order valence-corrected chi connectivity index (χ0v) is 12.4. The van der Waals surface area contributed by atoms with Gasteiger partial charge >= 0.3 is 5.97 Å². The summed E-state index contributed by atoms with van der Waals surface area (Å²) < 4.78 is 5.65. The highest BCUT2D eigenvalue weighted by molar-refractivity contribution is 5.92. The second-order valence-electron chi connectivity index (χ2n) is 5.10. The van der Waals surface area contributed by atoms with Crippen LogP contribution >= 0.6 is 0 Å². The lowest BCUT2D eigenvalue weighted by molar-refractivity contribution is -0.384. The molecule has 0 radical (unpaired) electrons. The Morgan fingerprint density at radius 1 is 1.17 bits per heavy atom. The second-order valence-corrected chi connectivity index (χ2v) is 5.10. The van der Waals surface area contributed by atoms with Crippen molar-refractivity contribution in [1.29, 1.82) is 0 Å². The number of nitro groups is 1. The third-order valence-corrected chi connectivity index (χ3v) is 3.46. The molecule has 7 heteroatoms.